The maximum absolute atomic E-state index is 13.3. The molecule has 1 saturated carbocycles. The Kier molecular flexibility index (Phi) is 3.57. The van der Waals surface area contributed by atoms with Gasteiger partial charge in [-0.2, -0.15) is 0 Å². The molecular formula is C16H21F2N. The fourth-order valence-electron chi connectivity index (χ4n) is 3.52. The predicted octanol–water partition coefficient (Wildman–Crippen LogP) is 3.82. The van der Waals surface area contributed by atoms with Gasteiger partial charge in [-0.25, -0.2) is 8.78 Å². The van der Waals surface area contributed by atoms with Gasteiger partial charge in [0.25, 0.3) is 0 Å². The molecule has 1 unspecified atom stereocenters. The second-order valence-electron chi connectivity index (χ2n) is 6.12. The van der Waals surface area contributed by atoms with E-state index in [0.29, 0.717) is 5.92 Å². The van der Waals surface area contributed by atoms with Gasteiger partial charge in [0.1, 0.15) is 11.6 Å². The molecule has 2 fully saturated rings. The summed E-state index contributed by atoms with van der Waals surface area (Å²) in [5.74, 6) is -0.235. The van der Waals surface area contributed by atoms with Crippen LogP contribution in [-0.4, -0.2) is 12.1 Å². The fourth-order valence-corrected chi connectivity index (χ4v) is 3.52. The van der Waals surface area contributed by atoms with Gasteiger partial charge in [-0.05, 0) is 62.3 Å². The van der Waals surface area contributed by atoms with Crippen molar-refractivity contribution in [1.29, 1.82) is 0 Å². The average Bonchev–Trinajstić information content (AvgIpc) is 3.14. The summed E-state index contributed by atoms with van der Waals surface area (Å²) in [6.45, 7) is 1.04. The lowest BCUT2D eigenvalue weighted by Crippen LogP contribution is -2.48. The van der Waals surface area contributed by atoms with Gasteiger partial charge in [0.2, 0.25) is 0 Å². The maximum atomic E-state index is 13.3. The van der Waals surface area contributed by atoms with Crippen LogP contribution in [0.3, 0.4) is 0 Å². The van der Waals surface area contributed by atoms with E-state index >= 15 is 0 Å². The lowest BCUT2D eigenvalue weighted by molar-refractivity contribution is 0.270. The first-order chi connectivity index (χ1) is 9.18. The van der Waals surface area contributed by atoms with Crippen LogP contribution >= 0.6 is 0 Å². The molecule has 1 aromatic rings. The van der Waals surface area contributed by atoms with Crippen molar-refractivity contribution >= 4 is 0 Å². The summed E-state index contributed by atoms with van der Waals surface area (Å²) in [6, 6.07) is 3.92. The average molecular weight is 265 g/mol. The van der Waals surface area contributed by atoms with Crippen LogP contribution in [0.5, 0.6) is 0 Å². The van der Waals surface area contributed by atoms with Gasteiger partial charge in [0.15, 0.2) is 0 Å². The van der Waals surface area contributed by atoms with Gasteiger partial charge in [0.05, 0.1) is 0 Å². The van der Waals surface area contributed by atoms with Crippen molar-refractivity contribution in [2.75, 3.05) is 6.54 Å². The van der Waals surface area contributed by atoms with Gasteiger partial charge in [-0.1, -0.05) is 12.8 Å². The molecule has 1 N–H and O–H groups in total. The van der Waals surface area contributed by atoms with Crippen LogP contribution < -0.4 is 5.32 Å². The third-order valence-corrected chi connectivity index (χ3v) is 4.58. The Morgan fingerprint density at radius 3 is 2.47 bits per heavy atom. The predicted molar refractivity (Wildman–Crippen MR) is 72.0 cm³/mol. The van der Waals surface area contributed by atoms with Crippen molar-refractivity contribution in [2.45, 2.75) is 50.5 Å². The molecule has 1 aliphatic heterocycles. The van der Waals surface area contributed by atoms with Crippen molar-refractivity contribution in [3.63, 3.8) is 0 Å². The summed E-state index contributed by atoms with van der Waals surface area (Å²) in [7, 11) is 0. The molecule has 1 saturated heterocycles. The molecule has 19 heavy (non-hydrogen) atoms. The highest BCUT2D eigenvalue weighted by Crippen LogP contribution is 2.45. The first-order valence-corrected chi connectivity index (χ1v) is 7.38. The van der Waals surface area contributed by atoms with Crippen molar-refractivity contribution in [3.8, 4) is 0 Å². The lowest BCUT2D eigenvalue weighted by atomic mass is 9.82. The van der Waals surface area contributed by atoms with Gasteiger partial charge >= 0.3 is 0 Å². The Hall–Kier alpha value is -0.960. The molecule has 1 aromatic carbocycles. The smallest absolute Gasteiger partial charge is 0.126 e. The summed E-state index contributed by atoms with van der Waals surface area (Å²) < 4.78 is 26.7. The number of hydrogen-bond donors (Lipinski definition) is 1. The third kappa shape index (κ3) is 2.97. The Labute approximate surface area is 113 Å². The van der Waals surface area contributed by atoms with Gasteiger partial charge < -0.3 is 5.32 Å². The summed E-state index contributed by atoms with van der Waals surface area (Å²) in [6.07, 6.45) is 8.10. The van der Waals surface area contributed by atoms with E-state index in [4.69, 9.17) is 0 Å². The first-order valence-electron chi connectivity index (χ1n) is 7.38. The molecule has 1 nitrogen and oxygen atoms in total. The minimum atomic E-state index is -0.463. The van der Waals surface area contributed by atoms with Crippen LogP contribution in [0.2, 0.25) is 0 Å². The van der Waals surface area contributed by atoms with Gasteiger partial charge in [-0.3, -0.25) is 0 Å². The third-order valence-electron chi connectivity index (χ3n) is 4.58. The molecule has 0 amide bonds. The Morgan fingerprint density at radius 2 is 1.79 bits per heavy atom. The molecule has 1 aliphatic carbocycles. The minimum Gasteiger partial charge on any atom is -0.311 e. The van der Waals surface area contributed by atoms with E-state index < -0.39 is 11.6 Å². The number of rotatable bonds is 3. The lowest BCUT2D eigenvalue weighted by Gasteiger charge is -2.34. The monoisotopic (exact) mass is 265 g/mol. The minimum absolute atomic E-state index is 0.0801. The topological polar surface area (TPSA) is 12.0 Å². The number of nitrogens with one attached hydrogen (secondary N) is 1. The number of benzene rings is 1. The second-order valence-corrected chi connectivity index (χ2v) is 6.12. The first kappa shape index (κ1) is 13.0. The van der Waals surface area contributed by atoms with Crippen LogP contribution in [0.15, 0.2) is 18.2 Å². The van der Waals surface area contributed by atoms with Crippen molar-refractivity contribution < 1.29 is 8.78 Å². The molecule has 0 bridgehead atoms. The number of halogens is 2. The largest absolute Gasteiger partial charge is 0.311 e. The summed E-state index contributed by atoms with van der Waals surface area (Å²) in [5, 5.41) is 3.70. The van der Waals surface area contributed by atoms with Crippen molar-refractivity contribution in [1.82, 2.24) is 5.32 Å². The summed E-state index contributed by atoms with van der Waals surface area (Å²) in [4.78, 5) is 0. The standard InChI is InChI=1S/C16H21F2N/c17-14-8-12(9-15(18)10-14)11-16(13-4-5-13)6-2-1-3-7-19-16/h8-10,13,19H,1-7,11H2. The van der Waals surface area contributed by atoms with Gasteiger partial charge in [0, 0.05) is 11.6 Å². The van der Waals surface area contributed by atoms with E-state index in [1.165, 1.54) is 44.2 Å². The zero-order chi connectivity index (χ0) is 13.3. The highest BCUT2D eigenvalue weighted by atomic mass is 19.1. The van der Waals surface area contributed by atoms with E-state index in [2.05, 4.69) is 5.32 Å². The molecule has 3 rings (SSSR count). The van der Waals surface area contributed by atoms with Gasteiger partial charge in [-0.15, -0.1) is 0 Å². The molecule has 104 valence electrons. The van der Waals surface area contributed by atoms with Crippen LogP contribution in [0, 0.1) is 17.6 Å². The maximum Gasteiger partial charge on any atom is 0.126 e. The SMILES string of the molecule is Fc1cc(F)cc(CC2(C3CC3)CCCCCN2)c1. The van der Waals surface area contributed by atoms with Crippen molar-refractivity contribution in [3.05, 3.63) is 35.4 Å². The molecular weight excluding hydrogens is 244 g/mol. The molecule has 0 spiro atoms. The highest BCUT2D eigenvalue weighted by molar-refractivity contribution is 5.22. The van der Waals surface area contributed by atoms with E-state index in [1.807, 2.05) is 0 Å². The van der Waals surface area contributed by atoms with Crippen LogP contribution in [-0.2, 0) is 6.42 Å². The zero-order valence-electron chi connectivity index (χ0n) is 11.2. The quantitative estimate of drug-likeness (QED) is 0.876. The van der Waals surface area contributed by atoms with Crippen LogP contribution in [0.4, 0.5) is 8.78 Å². The molecule has 1 atom stereocenters. The van der Waals surface area contributed by atoms with E-state index in [9.17, 15) is 8.78 Å². The Morgan fingerprint density at radius 1 is 1.05 bits per heavy atom. The molecule has 3 heteroatoms. The normalized spacial score (nSPS) is 28.1. The molecule has 1 heterocycles. The molecule has 0 aromatic heterocycles. The molecule has 0 radical (unpaired) electrons. The van der Waals surface area contributed by atoms with E-state index in [1.54, 1.807) is 0 Å². The molecule has 2 aliphatic rings. The number of hydrogen-bond acceptors (Lipinski definition) is 1. The van der Waals surface area contributed by atoms with E-state index in [-0.39, 0.29) is 5.54 Å². The highest BCUT2D eigenvalue weighted by Gasteiger charge is 2.44. The van der Waals surface area contributed by atoms with Crippen LogP contribution in [0.25, 0.3) is 0 Å². The van der Waals surface area contributed by atoms with Crippen LogP contribution in [0.1, 0.15) is 44.1 Å². The van der Waals surface area contributed by atoms with E-state index in [0.717, 1.165) is 31.0 Å². The summed E-state index contributed by atoms with van der Waals surface area (Å²) >= 11 is 0. The second kappa shape index (κ2) is 5.20. The Balaban J connectivity index is 1.84. The zero-order valence-corrected chi connectivity index (χ0v) is 11.2. The fraction of sp³-hybridized carbons (Fsp3) is 0.625. The van der Waals surface area contributed by atoms with Crippen molar-refractivity contribution in [2.24, 2.45) is 5.92 Å². The summed E-state index contributed by atoms with van der Waals surface area (Å²) in [5.41, 5.74) is 0.871. The Bertz CT molecular complexity index is 426.